The third-order valence-electron chi connectivity index (χ3n) is 3.77. The van der Waals surface area contributed by atoms with Crippen LogP contribution in [0.2, 0.25) is 5.02 Å². The first-order valence-electron chi connectivity index (χ1n) is 7.11. The molecule has 2 heterocycles. The van der Waals surface area contributed by atoms with Crippen LogP contribution >= 0.6 is 22.9 Å². The van der Waals surface area contributed by atoms with E-state index in [1.54, 1.807) is 5.38 Å². The SMILES string of the molecule is Nc1nc(C(=O)NC[C@@H]2CCN(c3cccc(Cl)c3)C2)cs1. The molecule has 1 saturated heterocycles. The van der Waals surface area contributed by atoms with Crippen molar-refractivity contribution in [2.45, 2.75) is 6.42 Å². The van der Waals surface area contributed by atoms with Crippen molar-refractivity contribution in [1.29, 1.82) is 0 Å². The molecule has 0 radical (unpaired) electrons. The molecule has 7 heteroatoms. The van der Waals surface area contributed by atoms with Crippen LogP contribution in [0, 0.1) is 5.92 Å². The number of nitrogen functional groups attached to an aromatic ring is 1. The van der Waals surface area contributed by atoms with Crippen molar-refractivity contribution in [2.75, 3.05) is 30.3 Å². The fourth-order valence-corrected chi connectivity index (χ4v) is 3.35. The van der Waals surface area contributed by atoms with Gasteiger partial charge >= 0.3 is 0 Å². The summed E-state index contributed by atoms with van der Waals surface area (Å²) in [6.45, 7) is 2.54. The van der Waals surface area contributed by atoms with E-state index in [0.717, 1.165) is 30.2 Å². The molecule has 0 bridgehead atoms. The van der Waals surface area contributed by atoms with E-state index in [9.17, 15) is 4.79 Å². The lowest BCUT2D eigenvalue weighted by atomic mass is 10.1. The molecule has 1 amide bonds. The van der Waals surface area contributed by atoms with Crippen molar-refractivity contribution in [2.24, 2.45) is 5.92 Å². The van der Waals surface area contributed by atoms with Crippen LogP contribution in [0.1, 0.15) is 16.9 Å². The second-order valence-corrected chi connectivity index (χ2v) is 6.69. The van der Waals surface area contributed by atoms with Crippen LogP contribution < -0.4 is 16.0 Å². The first kappa shape index (κ1) is 15.1. The number of nitrogens with zero attached hydrogens (tertiary/aromatic N) is 2. The number of aromatic nitrogens is 1. The second kappa shape index (κ2) is 6.54. The van der Waals surface area contributed by atoms with Crippen LogP contribution in [-0.2, 0) is 0 Å². The fraction of sp³-hybridized carbons (Fsp3) is 0.333. The minimum Gasteiger partial charge on any atom is -0.375 e. The molecule has 1 atom stereocenters. The number of carbonyl (C=O) groups excluding carboxylic acids is 1. The highest BCUT2D eigenvalue weighted by Crippen LogP contribution is 2.25. The van der Waals surface area contributed by atoms with Gasteiger partial charge in [0.2, 0.25) is 0 Å². The zero-order valence-electron chi connectivity index (χ0n) is 12.0. The molecule has 0 spiro atoms. The van der Waals surface area contributed by atoms with E-state index in [0.29, 0.717) is 23.3 Å². The van der Waals surface area contributed by atoms with Crippen molar-refractivity contribution in [3.63, 3.8) is 0 Å². The average molecular weight is 337 g/mol. The molecule has 116 valence electrons. The van der Waals surface area contributed by atoms with Gasteiger partial charge in [0, 0.05) is 35.7 Å². The summed E-state index contributed by atoms with van der Waals surface area (Å²) >= 11 is 7.31. The number of thiazole rings is 1. The van der Waals surface area contributed by atoms with Crippen molar-refractivity contribution < 1.29 is 4.79 Å². The standard InChI is InChI=1S/C15H17ClN4OS/c16-11-2-1-3-12(6-11)20-5-4-10(8-20)7-18-14(21)13-9-22-15(17)19-13/h1-3,6,9-10H,4-5,7-8H2,(H2,17,19)(H,18,21)/t10-/m0/s1. The zero-order chi connectivity index (χ0) is 15.5. The van der Waals surface area contributed by atoms with Gasteiger partial charge in [-0.05, 0) is 30.5 Å². The van der Waals surface area contributed by atoms with Gasteiger partial charge in [-0.1, -0.05) is 17.7 Å². The molecule has 1 fully saturated rings. The molecular weight excluding hydrogens is 320 g/mol. The number of halogens is 1. The van der Waals surface area contributed by atoms with E-state index < -0.39 is 0 Å². The third-order valence-corrected chi connectivity index (χ3v) is 4.67. The molecule has 1 aliphatic rings. The molecular formula is C15H17ClN4OS. The van der Waals surface area contributed by atoms with Crippen LogP contribution in [-0.4, -0.2) is 30.5 Å². The van der Waals surface area contributed by atoms with Crippen LogP contribution in [0.3, 0.4) is 0 Å². The van der Waals surface area contributed by atoms with Gasteiger partial charge in [0.05, 0.1) is 0 Å². The number of nitrogens with one attached hydrogen (secondary N) is 1. The number of rotatable bonds is 4. The zero-order valence-corrected chi connectivity index (χ0v) is 13.5. The summed E-state index contributed by atoms with van der Waals surface area (Å²) < 4.78 is 0. The number of carbonyl (C=O) groups is 1. The van der Waals surface area contributed by atoms with E-state index in [2.05, 4.69) is 21.3 Å². The minimum atomic E-state index is -0.158. The Bertz CT molecular complexity index is 675. The van der Waals surface area contributed by atoms with Crippen LogP contribution in [0.15, 0.2) is 29.6 Å². The van der Waals surface area contributed by atoms with Gasteiger partial charge in [0.25, 0.3) is 5.91 Å². The van der Waals surface area contributed by atoms with Gasteiger partial charge in [-0.3, -0.25) is 4.79 Å². The molecule has 3 rings (SSSR count). The molecule has 1 aliphatic heterocycles. The third kappa shape index (κ3) is 3.51. The number of anilines is 2. The molecule has 1 aromatic carbocycles. The maximum Gasteiger partial charge on any atom is 0.270 e. The Kier molecular flexibility index (Phi) is 4.49. The Labute approximate surface area is 138 Å². The van der Waals surface area contributed by atoms with Gasteiger partial charge in [-0.2, -0.15) is 0 Å². The van der Waals surface area contributed by atoms with E-state index in [-0.39, 0.29) is 5.91 Å². The van der Waals surface area contributed by atoms with Gasteiger partial charge in [0.15, 0.2) is 5.13 Å². The maximum atomic E-state index is 12.0. The van der Waals surface area contributed by atoms with Crippen molar-refractivity contribution in [3.8, 4) is 0 Å². The van der Waals surface area contributed by atoms with Crippen LogP contribution in [0.4, 0.5) is 10.8 Å². The summed E-state index contributed by atoms with van der Waals surface area (Å²) in [6, 6.07) is 7.86. The molecule has 1 aromatic heterocycles. The molecule has 0 saturated carbocycles. The Balaban J connectivity index is 1.52. The first-order valence-corrected chi connectivity index (χ1v) is 8.37. The quantitative estimate of drug-likeness (QED) is 0.900. The highest BCUT2D eigenvalue weighted by molar-refractivity contribution is 7.13. The van der Waals surface area contributed by atoms with Crippen molar-refractivity contribution in [3.05, 3.63) is 40.4 Å². The summed E-state index contributed by atoms with van der Waals surface area (Å²) in [6.07, 6.45) is 1.05. The minimum absolute atomic E-state index is 0.158. The van der Waals surface area contributed by atoms with Crippen LogP contribution in [0.5, 0.6) is 0 Å². The summed E-state index contributed by atoms with van der Waals surface area (Å²) in [4.78, 5) is 18.2. The maximum absolute atomic E-state index is 12.0. The average Bonchev–Trinajstić information content (AvgIpc) is 3.14. The highest BCUT2D eigenvalue weighted by Gasteiger charge is 2.23. The number of hydrogen-bond acceptors (Lipinski definition) is 5. The lowest BCUT2D eigenvalue weighted by Gasteiger charge is -2.19. The molecule has 2 aromatic rings. The first-order chi connectivity index (χ1) is 10.6. The molecule has 0 aliphatic carbocycles. The monoisotopic (exact) mass is 336 g/mol. The van der Waals surface area contributed by atoms with E-state index >= 15 is 0 Å². The number of hydrogen-bond donors (Lipinski definition) is 2. The predicted molar refractivity (Wildman–Crippen MR) is 90.6 cm³/mol. The summed E-state index contributed by atoms with van der Waals surface area (Å²) in [5.74, 6) is 0.271. The predicted octanol–water partition coefficient (Wildman–Crippen LogP) is 2.64. The lowest BCUT2D eigenvalue weighted by Crippen LogP contribution is -2.31. The fourth-order valence-electron chi connectivity index (χ4n) is 2.63. The molecule has 22 heavy (non-hydrogen) atoms. The Morgan fingerprint density at radius 1 is 1.55 bits per heavy atom. The lowest BCUT2D eigenvalue weighted by molar-refractivity contribution is 0.0944. The van der Waals surface area contributed by atoms with Crippen molar-refractivity contribution in [1.82, 2.24) is 10.3 Å². The van der Waals surface area contributed by atoms with Crippen LogP contribution in [0.25, 0.3) is 0 Å². The molecule has 5 nitrogen and oxygen atoms in total. The summed E-state index contributed by atoms with van der Waals surface area (Å²) in [7, 11) is 0. The molecule has 0 unspecified atom stereocenters. The van der Waals surface area contributed by atoms with E-state index in [1.807, 2.05) is 18.2 Å². The van der Waals surface area contributed by atoms with E-state index in [4.69, 9.17) is 17.3 Å². The van der Waals surface area contributed by atoms with Gasteiger partial charge < -0.3 is 16.0 Å². The topological polar surface area (TPSA) is 71.2 Å². The Hall–Kier alpha value is -1.79. The van der Waals surface area contributed by atoms with Crippen molar-refractivity contribution >= 4 is 39.7 Å². The highest BCUT2D eigenvalue weighted by atomic mass is 35.5. The second-order valence-electron chi connectivity index (χ2n) is 5.36. The Morgan fingerprint density at radius 2 is 2.41 bits per heavy atom. The Morgan fingerprint density at radius 3 is 3.14 bits per heavy atom. The summed E-state index contributed by atoms with van der Waals surface area (Å²) in [5.41, 5.74) is 7.07. The van der Waals surface area contributed by atoms with E-state index in [1.165, 1.54) is 11.3 Å². The van der Waals surface area contributed by atoms with Gasteiger partial charge in [0.1, 0.15) is 5.69 Å². The largest absolute Gasteiger partial charge is 0.375 e. The van der Waals surface area contributed by atoms with Gasteiger partial charge in [-0.25, -0.2) is 4.98 Å². The smallest absolute Gasteiger partial charge is 0.270 e. The number of benzene rings is 1. The number of nitrogens with two attached hydrogens (primary N) is 1. The summed E-state index contributed by atoms with van der Waals surface area (Å²) in [5, 5.41) is 5.77. The van der Waals surface area contributed by atoms with Gasteiger partial charge in [-0.15, -0.1) is 11.3 Å². The normalized spacial score (nSPS) is 17.7. The number of amides is 1. The molecule has 3 N–H and O–H groups in total.